The zero-order valence-corrected chi connectivity index (χ0v) is 11.7. The lowest BCUT2D eigenvalue weighted by atomic mass is 10.0. The van der Waals surface area contributed by atoms with E-state index in [4.69, 9.17) is 5.14 Å². The number of hydrogen-bond donors (Lipinski definition) is 1. The molecule has 0 fully saturated rings. The van der Waals surface area contributed by atoms with Gasteiger partial charge < -0.3 is 0 Å². The van der Waals surface area contributed by atoms with Crippen LogP contribution in [0.15, 0.2) is 62.7 Å². The number of nitrogens with two attached hydrogens (primary N) is 1. The fraction of sp³-hybridized carbons (Fsp3) is 0.0769. The van der Waals surface area contributed by atoms with Crippen LogP contribution in [0.25, 0.3) is 11.3 Å². The van der Waals surface area contributed by atoms with E-state index in [1.165, 1.54) is 6.07 Å². The third-order valence-electron chi connectivity index (χ3n) is 2.95. The minimum atomic E-state index is -3.91. The molecule has 0 spiro atoms. The van der Waals surface area contributed by atoms with Gasteiger partial charge in [0.15, 0.2) is 12.5 Å². The van der Waals surface area contributed by atoms with E-state index in [2.05, 4.69) is 20.2 Å². The third kappa shape index (κ3) is 2.58. The van der Waals surface area contributed by atoms with E-state index in [1.54, 1.807) is 30.5 Å². The Kier molecular flexibility index (Phi) is 3.32. The van der Waals surface area contributed by atoms with Crippen LogP contribution in [-0.2, 0) is 10.0 Å². The lowest BCUT2D eigenvalue weighted by Crippen LogP contribution is -2.17. The van der Waals surface area contributed by atoms with Gasteiger partial charge in [-0.15, -0.1) is 5.11 Å². The zero-order valence-electron chi connectivity index (χ0n) is 10.8. The van der Waals surface area contributed by atoms with E-state index in [0.29, 0.717) is 16.8 Å². The van der Waals surface area contributed by atoms with Gasteiger partial charge >= 0.3 is 0 Å². The molecule has 8 heteroatoms. The first-order valence-corrected chi connectivity index (χ1v) is 7.61. The molecular formula is C13H11N5O2S. The van der Waals surface area contributed by atoms with Crippen molar-refractivity contribution >= 4 is 15.9 Å². The molecule has 1 aromatic heterocycles. The highest BCUT2D eigenvalue weighted by atomic mass is 32.2. The van der Waals surface area contributed by atoms with Crippen LogP contribution in [0.4, 0.5) is 0 Å². The van der Waals surface area contributed by atoms with E-state index < -0.39 is 10.0 Å². The van der Waals surface area contributed by atoms with Crippen molar-refractivity contribution in [3.05, 3.63) is 48.2 Å². The van der Waals surface area contributed by atoms with Gasteiger partial charge in [-0.1, -0.05) is 18.2 Å². The molecule has 0 unspecified atom stereocenters. The minimum Gasteiger partial charge on any atom is -0.256 e. The number of sulfonamides is 1. The molecule has 0 amide bonds. The molecule has 1 aliphatic rings. The standard InChI is InChI=1S/C13H11N5O2S/c14-21(19,20)11-6-3-4-9(10-5-1-2-7-15-10)12(11)13-16-8-17-18-13/h1-7H,8H2,(H2,14,19,20). The molecule has 2 N–H and O–H groups in total. The SMILES string of the molecule is NS(=O)(=O)c1cccc(-c2ccccn2)c1C1=NCN=N1. The van der Waals surface area contributed by atoms with Gasteiger partial charge in [0.25, 0.3) is 0 Å². The lowest BCUT2D eigenvalue weighted by molar-refractivity contribution is 0.597. The monoisotopic (exact) mass is 301 g/mol. The summed E-state index contributed by atoms with van der Waals surface area (Å²) in [7, 11) is -3.91. The molecular weight excluding hydrogens is 290 g/mol. The zero-order chi connectivity index (χ0) is 14.9. The molecule has 0 saturated carbocycles. The van der Waals surface area contributed by atoms with Crippen molar-refractivity contribution in [2.24, 2.45) is 20.4 Å². The van der Waals surface area contributed by atoms with Crippen molar-refractivity contribution in [3.63, 3.8) is 0 Å². The topological polar surface area (TPSA) is 110 Å². The first-order chi connectivity index (χ1) is 10.1. The number of aromatic nitrogens is 1. The van der Waals surface area contributed by atoms with Gasteiger partial charge in [-0.3, -0.25) is 4.98 Å². The molecule has 1 aromatic carbocycles. The molecule has 7 nitrogen and oxygen atoms in total. The van der Waals surface area contributed by atoms with Gasteiger partial charge in [0.2, 0.25) is 10.0 Å². The van der Waals surface area contributed by atoms with Crippen molar-refractivity contribution in [3.8, 4) is 11.3 Å². The molecule has 2 aromatic rings. The van der Waals surface area contributed by atoms with Crippen molar-refractivity contribution in [2.75, 3.05) is 6.67 Å². The minimum absolute atomic E-state index is 0.0368. The van der Waals surface area contributed by atoms with Gasteiger partial charge in [0.05, 0.1) is 16.2 Å². The van der Waals surface area contributed by atoms with Crippen molar-refractivity contribution < 1.29 is 8.42 Å². The number of pyridine rings is 1. The van der Waals surface area contributed by atoms with Gasteiger partial charge in [-0.2, -0.15) is 5.11 Å². The van der Waals surface area contributed by atoms with Crippen LogP contribution in [0, 0.1) is 0 Å². The van der Waals surface area contributed by atoms with Crippen LogP contribution in [-0.4, -0.2) is 25.9 Å². The number of rotatable bonds is 3. The molecule has 21 heavy (non-hydrogen) atoms. The van der Waals surface area contributed by atoms with E-state index >= 15 is 0 Å². The molecule has 0 saturated heterocycles. The number of hydrogen-bond acceptors (Lipinski definition) is 6. The summed E-state index contributed by atoms with van der Waals surface area (Å²) in [6.45, 7) is 0.177. The number of benzene rings is 1. The van der Waals surface area contributed by atoms with Crippen molar-refractivity contribution in [1.29, 1.82) is 0 Å². The molecule has 0 aliphatic carbocycles. The Hall–Kier alpha value is -2.45. The fourth-order valence-electron chi connectivity index (χ4n) is 2.09. The normalized spacial score (nSPS) is 14.2. The maximum Gasteiger partial charge on any atom is 0.238 e. The van der Waals surface area contributed by atoms with Crippen molar-refractivity contribution in [1.82, 2.24) is 4.98 Å². The van der Waals surface area contributed by atoms with Crippen LogP contribution < -0.4 is 5.14 Å². The van der Waals surface area contributed by atoms with E-state index in [0.717, 1.165) is 0 Å². The summed E-state index contributed by atoms with van der Waals surface area (Å²) in [6, 6.07) is 10.2. The Morgan fingerprint density at radius 2 is 1.95 bits per heavy atom. The van der Waals surface area contributed by atoms with Crippen LogP contribution >= 0.6 is 0 Å². The predicted octanol–water partition coefficient (Wildman–Crippen LogP) is 1.57. The average Bonchev–Trinajstić information content (AvgIpc) is 3.00. The van der Waals surface area contributed by atoms with Crippen LogP contribution in [0.3, 0.4) is 0 Å². The Labute approximate surface area is 121 Å². The van der Waals surface area contributed by atoms with Crippen molar-refractivity contribution in [2.45, 2.75) is 4.90 Å². The smallest absolute Gasteiger partial charge is 0.238 e. The summed E-state index contributed by atoms with van der Waals surface area (Å²) in [6.07, 6.45) is 1.63. The third-order valence-corrected chi connectivity index (χ3v) is 3.90. The maximum absolute atomic E-state index is 11.8. The number of amidine groups is 1. The van der Waals surface area contributed by atoms with Gasteiger partial charge in [-0.05, 0) is 18.2 Å². The number of primary sulfonamides is 1. The highest BCUT2D eigenvalue weighted by molar-refractivity contribution is 7.89. The lowest BCUT2D eigenvalue weighted by Gasteiger charge is -2.11. The van der Waals surface area contributed by atoms with Gasteiger partial charge in [0, 0.05) is 11.8 Å². The fourth-order valence-corrected chi connectivity index (χ4v) is 2.85. The highest BCUT2D eigenvalue weighted by Crippen LogP contribution is 2.29. The Bertz CT molecular complexity index is 844. The largest absolute Gasteiger partial charge is 0.256 e. The predicted molar refractivity (Wildman–Crippen MR) is 77.3 cm³/mol. The molecule has 106 valence electrons. The van der Waals surface area contributed by atoms with E-state index in [1.807, 2.05) is 6.07 Å². The Balaban J connectivity index is 2.33. The Morgan fingerprint density at radius 3 is 2.57 bits per heavy atom. The summed E-state index contributed by atoms with van der Waals surface area (Å²) in [5, 5.41) is 13.0. The number of nitrogens with zero attached hydrogens (tertiary/aromatic N) is 4. The summed E-state index contributed by atoms with van der Waals surface area (Å²) in [5.74, 6) is 0.250. The first-order valence-electron chi connectivity index (χ1n) is 6.07. The van der Waals surface area contributed by atoms with E-state index in [-0.39, 0.29) is 17.4 Å². The quantitative estimate of drug-likeness (QED) is 0.928. The molecule has 1 aliphatic heterocycles. The maximum atomic E-state index is 11.8. The van der Waals surface area contributed by atoms with Crippen LogP contribution in [0.1, 0.15) is 5.56 Å². The highest BCUT2D eigenvalue weighted by Gasteiger charge is 2.23. The van der Waals surface area contributed by atoms with E-state index in [9.17, 15) is 8.42 Å². The summed E-state index contributed by atoms with van der Waals surface area (Å²) >= 11 is 0. The molecule has 0 bridgehead atoms. The van der Waals surface area contributed by atoms with Gasteiger partial charge in [0.1, 0.15) is 0 Å². The first kappa shape index (κ1) is 13.5. The second-order valence-corrected chi connectivity index (χ2v) is 5.83. The number of azo groups is 1. The summed E-state index contributed by atoms with van der Waals surface area (Å²) < 4.78 is 23.6. The number of aliphatic imine (C=N–C) groups is 1. The molecule has 3 rings (SSSR count). The second kappa shape index (κ2) is 5.15. The molecule has 0 atom stereocenters. The van der Waals surface area contributed by atoms with Gasteiger partial charge in [-0.25, -0.2) is 18.5 Å². The van der Waals surface area contributed by atoms with Crippen LogP contribution in [0.2, 0.25) is 0 Å². The second-order valence-electron chi connectivity index (χ2n) is 4.30. The molecule has 0 radical (unpaired) electrons. The molecule has 2 heterocycles. The van der Waals surface area contributed by atoms with Crippen LogP contribution in [0.5, 0.6) is 0 Å². The summed E-state index contributed by atoms with van der Waals surface area (Å²) in [4.78, 5) is 8.31. The summed E-state index contributed by atoms with van der Waals surface area (Å²) in [5.41, 5.74) is 1.55. The Morgan fingerprint density at radius 1 is 1.10 bits per heavy atom. The average molecular weight is 301 g/mol.